The lowest BCUT2D eigenvalue weighted by Crippen LogP contribution is -2.11. The van der Waals surface area contributed by atoms with Gasteiger partial charge in [-0.3, -0.25) is 4.79 Å². The van der Waals surface area contributed by atoms with Crippen LogP contribution in [-0.4, -0.2) is 25.4 Å². The van der Waals surface area contributed by atoms with Gasteiger partial charge in [-0.15, -0.1) is 0 Å². The van der Waals surface area contributed by atoms with E-state index in [1.54, 1.807) is 6.07 Å². The van der Waals surface area contributed by atoms with Gasteiger partial charge < -0.3 is 19.0 Å². The molecule has 0 atom stereocenters. The van der Waals surface area contributed by atoms with Crippen LogP contribution in [0.2, 0.25) is 0 Å². The smallest absolute Gasteiger partial charge is 0.226 e. The van der Waals surface area contributed by atoms with Gasteiger partial charge in [-0.05, 0) is 30.7 Å². The van der Waals surface area contributed by atoms with Crippen LogP contribution in [0.3, 0.4) is 0 Å². The van der Waals surface area contributed by atoms with Crippen LogP contribution in [0.1, 0.15) is 50.0 Å². The number of nitrogens with one attached hydrogen (secondary N) is 1. The first-order valence-corrected chi connectivity index (χ1v) is 10.3. The second-order valence-corrected chi connectivity index (χ2v) is 7.62. The van der Waals surface area contributed by atoms with Gasteiger partial charge in [-0.25, -0.2) is 4.98 Å². The number of imidazole rings is 1. The normalized spacial score (nSPS) is 11.2. The Labute approximate surface area is 180 Å². The number of fused-ring (bicyclic) bond motifs is 1. The summed E-state index contributed by atoms with van der Waals surface area (Å²) in [4.78, 5) is 21.1. The lowest BCUT2D eigenvalue weighted by Gasteiger charge is -2.08. The van der Waals surface area contributed by atoms with Crippen molar-refractivity contribution in [2.75, 3.05) is 5.32 Å². The third-order valence-electron chi connectivity index (χ3n) is 4.71. The molecule has 0 bridgehead atoms. The number of nitrogens with zero attached hydrogens (tertiary/aromatic N) is 4. The molecule has 4 rings (SSSR count). The van der Waals surface area contributed by atoms with Crippen LogP contribution in [0.25, 0.3) is 5.65 Å². The zero-order chi connectivity index (χ0) is 21.6. The molecule has 0 saturated carbocycles. The standard InChI is InChI=1S/C23H25N5O3/c1-16(2)23-26-22(31-27-23)11-6-10-21(29)25-17-7-5-8-19(13-17)30-15-18-14-28-12-4-3-9-20(28)24-18/h3-5,7-9,12-14,16H,6,10-11,15H2,1-2H3,(H,25,29). The molecule has 160 valence electrons. The molecule has 31 heavy (non-hydrogen) atoms. The number of carbonyl (C=O) groups is 1. The van der Waals surface area contributed by atoms with Crippen molar-refractivity contribution in [1.82, 2.24) is 19.5 Å². The van der Waals surface area contributed by atoms with Crippen molar-refractivity contribution < 1.29 is 14.1 Å². The van der Waals surface area contributed by atoms with E-state index in [2.05, 4.69) is 20.4 Å². The maximum atomic E-state index is 12.3. The summed E-state index contributed by atoms with van der Waals surface area (Å²) in [6.07, 6.45) is 5.47. The molecule has 0 aliphatic rings. The molecule has 3 aromatic heterocycles. The third kappa shape index (κ3) is 5.48. The Morgan fingerprint density at radius 1 is 1.19 bits per heavy atom. The minimum absolute atomic E-state index is 0.0684. The summed E-state index contributed by atoms with van der Waals surface area (Å²) in [5.74, 6) is 2.09. The summed E-state index contributed by atoms with van der Waals surface area (Å²) < 4.78 is 13.0. The maximum absolute atomic E-state index is 12.3. The van der Waals surface area contributed by atoms with E-state index in [9.17, 15) is 4.79 Å². The number of carbonyl (C=O) groups excluding carboxylic acids is 1. The van der Waals surface area contributed by atoms with Crippen molar-refractivity contribution >= 4 is 17.2 Å². The molecule has 4 aromatic rings. The van der Waals surface area contributed by atoms with E-state index in [-0.39, 0.29) is 11.8 Å². The van der Waals surface area contributed by atoms with Crippen molar-refractivity contribution in [2.24, 2.45) is 0 Å². The van der Waals surface area contributed by atoms with E-state index in [1.807, 2.05) is 67.0 Å². The number of aryl methyl sites for hydroxylation is 1. The second kappa shape index (κ2) is 9.42. The van der Waals surface area contributed by atoms with Crippen LogP contribution in [0.15, 0.2) is 59.4 Å². The van der Waals surface area contributed by atoms with Gasteiger partial charge in [-0.2, -0.15) is 4.98 Å². The quantitative estimate of drug-likeness (QED) is 0.433. The number of pyridine rings is 1. The Kier molecular flexibility index (Phi) is 6.26. The number of amides is 1. The Hall–Kier alpha value is -3.68. The van der Waals surface area contributed by atoms with Crippen LogP contribution in [0, 0.1) is 0 Å². The molecule has 0 saturated heterocycles. The van der Waals surface area contributed by atoms with Crippen molar-refractivity contribution in [3.63, 3.8) is 0 Å². The first-order valence-electron chi connectivity index (χ1n) is 10.3. The van der Waals surface area contributed by atoms with Gasteiger partial charge >= 0.3 is 0 Å². The van der Waals surface area contributed by atoms with E-state index >= 15 is 0 Å². The van der Waals surface area contributed by atoms with Crippen LogP contribution in [0.5, 0.6) is 5.75 Å². The van der Waals surface area contributed by atoms with Gasteiger partial charge in [0.25, 0.3) is 0 Å². The zero-order valence-electron chi connectivity index (χ0n) is 17.6. The molecule has 3 heterocycles. The van der Waals surface area contributed by atoms with Crippen LogP contribution in [0.4, 0.5) is 5.69 Å². The average Bonchev–Trinajstić information content (AvgIpc) is 3.39. The van der Waals surface area contributed by atoms with Crippen molar-refractivity contribution in [3.05, 3.63) is 72.3 Å². The van der Waals surface area contributed by atoms with Gasteiger partial charge in [-0.1, -0.05) is 31.1 Å². The number of ether oxygens (including phenoxy) is 1. The molecule has 0 radical (unpaired) electrons. The molecule has 1 aromatic carbocycles. The fourth-order valence-electron chi connectivity index (χ4n) is 3.11. The van der Waals surface area contributed by atoms with E-state index in [1.165, 1.54) is 0 Å². The van der Waals surface area contributed by atoms with E-state index in [0.717, 1.165) is 11.3 Å². The summed E-state index contributed by atoms with van der Waals surface area (Å²) in [7, 11) is 0. The van der Waals surface area contributed by atoms with Crippen LogP contribution >= 0.6 is 0 Å². The fourth-order valence-corrected chi connectivity index (χ4v) is 3.11. The predicted molar refractivity (Wildman–Crippen MR) is 116 cm³/mol. The summed E-state index contributed by atoms with van der Waals surface area (Å²) in [5, 5.41) is 6.84. The van der Waals surface area contributed by atoms with Gasteiger partial charge in [0.05, 0.1) is 5.69 Å². The second-order valence-electron chi connectivity index (χ2n) is 7.62. The molecule has 0 aliphatic carbocycles. The van der Waals surface area contributed by atoms with Crippen molar-refractivity contribution in [1.29, 1.82) is 0 Å². The van der Waals surface area contributed by atoms with E-state index in [4.69, 9.17) is 9.26 Å². The lowest BCUT2D eigenvalue weighted by atomic mass is 10.2. The maximum Gasteiger partial charge on any atom is 0.226 e. The molecule has 0 aliphatic heterocycles. The lowest BCUT2D eigenvalue weighted by molar-refractivity contribution is -0.116. The molecular weight excluding hydrogens is 394 g/mol. The van der Waals surface area contributed by atoms with E-state index < -0.39 is 0 Å². The van der Waals surface area contributed by atoms with Gasteiger partial charge in [0.2, 0.25) is 11.8 Å². The third-order valence-corrected chi connectivity index (χ3v) is 4.71. The Morgan fingerprint density at radius 3 is 2.90 bits per heavy atom. The summed E-state index contributed by atoms with van der Waals surface area (Å²) in [6, 6.07) is 13.2. The molecule has 1 amide bonds. The number of hydrogen-bond donors (Lipinski definition) is 1. The highest BCUT2D eigenvalue weighted by atomic mass is 16.5. The molecule has 0 spiro atoms. The van der Waals surface area contributed by atoms with Gasteiger partial charge in [0.1, 0.15) is 18.0 Å². The molecule has 0 fully saturated rings. The number of anilines is 1. The highest BCUT2D eigenvalue weighted by molar-refractivity contribution is 5.90. The highest BCUT2D eigenvalue weighted by Gasteiger charge is 2.11. The van der Waals surface area contributed by atoms with Crippen LogP contribution < -0.4 is 10.1 Å². The minimum atomic E-state index is -0.0684. The number of hydrogen-bond acceptors (Lipinski definition) is 6. The Morgan fingerprint density at radius 2 is 2.10 bits per heavy atom. The van der Waals surface area contributed by atoms with Gasteiger partial charge in [0, 0.05) is 42.9 Å². The average molecular weight is 419 g/mol. The predicted octanol–water partition coefficient (Wildman–Crippen LogP) is 4.38. The summed E-state index contributed by atoms with van der Waals surface area (Å²) in [5.41, 5.74) is 2.41. The minimum Gasteiger partial charge on any atom is -0.487 e. The number of rotatable bonds is 9. The topological polar surface area (TPSA) is 94.5 Å². The first kappa shape index (κ1) is 20.6. The SMILES string of the molecule is CC(C)c1noc(CCCC(=O)Nc2cccc(OCc3cn4ccccc4n3)c2)n1. The number of benzene rings is 1. The highest BCUT2D eigenvalue weighted by Crippen LogP contribution is 2.19. The first-order chi connectivity index (χ1) is 15.1. The van der Waals surface area contributed by atoms with E-state index in [0.29, 0.717) is 49.0 Å². The molecule has 8 nitrogen and oxygen atoms in total. The van der Waals surface area contributed by atoms with Gasteiger partial charge in [0.15, 0.2) is 5.82 Å². The summed E-state index contributed by atoms with van der Waals surface area (Å²) in [6.45, 7) is 4.37. The number of aromatic nitrogens is 4. The monoisotopic (exact) mass is 419 g/mol. The zero-order valence-corrected chi connectivity index (χ0v) is 17.6. The Bertz CT molecular complexity index is 1130. The largest absolute Gasteiger partial charge is 0.487 e. The fraction of sp³-hybridized carbons (Fsp3) is 0.304. The molecular formula is C23H25N5O3. The molecule has 8 heteroatoms. The van der Waals surface area contributed by atoms with Crippen molar-refractivity contribution in [2.45, 2.75) is 45.6 Å². The van der Waals surface area contributed by atoms with Crippen molar-refractivity contribution in [3.8, 4) is 5.75 Å². The molecule has 1 N–H and O–H groups in total. The molecule has 0 unspecified atom stereocenters. The Balaban J connectivity index is 1.25. The van der Waals surface area contributed by atoms with Crippen LogP contribution in [-0.2, 0) is 17.8 Å². The summed E-state index contributed by atoms with van der Waals surface area (Å²) >= 11 is 0.